The Bertz CT molecular complexity index is 336. The molecule has 0 saturated carbocycles. The lowest BCUT2D eigenvalue weighted by atomic mass is 10.2. The van der Waals surface area contributed by atoms with Crippen LogP contribution in [0.4, 0.5) is 5.95 Å². The lowest BCUT2D eigenvalue weighted by molar-refractivity contribution is 0.655. The molecule has 1 saturated heterocycles. The molecule has 2 rings (SSSR count). The van der Waals surface area contributed by atoms with Crippen molar-refractivity contribution in [2.75, 3.05) is 16.8 Å². The third-order valence-corrected chi connectivity index (χ3v) is 3.70. The van der Waals surface area contributed by atoms with Crippen LogP contribution in [0.3, 0.4) is 0 Å². The molecular weight excluding hydrogens is 208 g/mol. The van der Waals surface area contributed by atoms with E-state index >= 15 is 0 Å². The van der Waals surface area contributed by atoms with Gasteiger partial charge in [0.05, 0.1) is 11.4 Å². The fraction of sp³-hybridized carbons (Fsp3) is 0.700. The van der Waals surface area contributed by atoms with Crippen LogP contribution in [0.25, 0.3) is 0 Å². The van der Waals surface area contributed by atoms with Gasteiger partial charge < -0.3 is 5.32 Å². The summed E-state index contributed by atoms with van der Waals surface area (Å²) in [7, 11) is 0. The average molecular weight is 224 g/mol. The molecule has 0 bridgehead atoms. The molecule has 0 aliphatic carbocycles. The number of thioether (sulfide) groups is 1. The summed E-state index contributed by atoms with van der Waals surface area (Å²) in [6, 6.07) is 0.523. The van der Waals surface area contributed by atoms with Gasteiger partial charge in [0, 0.05) is 6.04 Å². The summed E-state index contributed by atoms with van der Waals surface area (Å²) in [6.45, 7) is 3.89. The zero-order valence-corrected chi connectivity index (χ0v) is 9.97. The molecule has 1 aromatic heterocycles. The zero-order valence-electron chi connectivity index (χ0n) is 9.16. The van der Waals surface area contributed by atoms with E-state index in [1.54, 1.807) is 0 Å². The van der Waals surface area contributed by atoms with Gasteiger partial charge in [-0.2, -0.15) is 16.9 Å². The molecule has 82 valence electrons. The predicted octanol–water partition coefficient (Wildman–Crippen LogP) is 1.80. The summed E-state index contributed by atoms with van der Waals surface area (Å²) >= 11 is 2.02. The minimum absolute atomic E-state index is 0.523. The Balaban J connectivity index is 2.00. The van der Waals surface area contributed by atoms with Gasteiger partial charge in [-0.25, -0.2) is 4.98 Å². The van der Waals surface area contributed by atoms with Crippen molar-refractivity contribution in [3.63, 3.8) is 0 Å². The molecule has 0 atom stereocenters. The molecule has 1 aliphatic heterocycles. The van der Waals surface area contributed by atoms with Crippen molar-refractivity contribution in [2.45, 2.75) is 32.7 Å². The first-order valence-corrected chi connectivity index (χ1v) is 6.43. The van der Waals surface area contributed by atoms with Crippen molar-refractivity contribution in [2.24, 2.45) is 0 Å². The van der Waals surface area contributed by atoms with Crippen LogP contribution in [0.2, 0.25) is 0 Å². The van der Waals surface area contributed by atoms with Crippen LogP contribution in [-0.2, 0) is 0 Å². The maximum Gasteiger partial charge on any atom is 0.243 e. The first kappa shape index (κ1) is 10.7. The highest BCUT2D eigenvalue weighted by Gasteiger charge is 2.14. The third-order valence-electron chi connectivity index (χ3n) is 2.65. The molecule has 0 spiro atoms. The number of rotatable bonds is 2. The fourth-order valence-corrected chi connectivity index (χ4v) is 2.65. The molecular formula is C10H16N4S. The fourth-order valence-electron chi connectivity index (χ4n) is 1.54. The Labute approximate surface area is 94.3 Å². The van der Waals surface area contributed by atoms with Crippen LogP contribution in [0.15, 0.2) is 0 Å². The Morgan fingerprint density at radius 1 is 1.13 bits per heavy atom. The lowest BCUT2D eigenvalue weighted by Gasteiger charge is -2.22. The monoisotopic (exact) mass is 224 g/mol. The molecule has 0 radical (unpaired) electrons. The van der Waals surface area contributed by atoms with E-state index in [0.29, 0.717) is 12.0 Å². The summed E-state index contributed by atoms with van der Waals surface area (Å²) in [4.78, 5) is 4.38. The topological polar surface area (TPSA) is 50.7 Å². The second kappa shape index (κ2) is 4.79. The van der Waals surface area contributed by atoms with E-state index in [0.717, 1.165) is 11.4 Å². The van der Waals surface area contributed by atoms with Crippen LogP contribution < -0.4 is 5.32 Å². The van der Waals surface area contributed by atoms with E-state index in [1.165, 1.54) is 24.3 Å². The first-order chi connectivity index (χ1) is 7.25. The average Bonchev–Trinajstić information content (AvgIpc) is 2.25. The van der Waals surface area contributed by atoms with Crippen molar-refractivity contribution in [1.82, 2.24) is 15.2 Å². The quantitative estimate of drug-likeness (QED) is 0.830. The second-order valence-corrected chi connectivity index (χ2v) is 5.06. The third kappa shape index (κ3) is 2.81. The van der Waals surface area contributed by atoms with Gasteiger partial charge in [0.1, 0.15) is 0 Å². The summed E-state index contributed by atoms with van der Waals surface area (Å²) in [6.07, 6.45) is 2.39. The summed E-state index contributed by atoms with van der Waals surface area (Å²) in [5.74, 6) is 3.14. The molecule has 0 aromatic carbocycles. The van der Waals surface area contributed by atoms with Crippen LogP contribution in [-0.4, -0.2) is 32.7 Å². The van der Waals surface area contributed by atoms with Crippen LogP contribution >= 0.6 is 11.8 Å². The van der Waals surface area contributed by atoms with E-state index in [2.05, 4.69) is 20.5 Å². The van der Waals surface area contributed by atoms with Gasteiger partial charge in [-0.15, -0.1) is 5.10 Å². The van der Waals surface area contributed by atoms with Crippen molar-refractivity contribution < 1.29 is 0 Å². The Kier molecular flexibility index (Phi) is 3.41. The van der Waals surface area contributed by atoms with Crippen molar-refractivity contribution in [3.05, 3.63) is 11.4 Å². The molecule has 5 heteroatoms. The van der Waals surface area contributed by atoms with E-state index in [4.69, 9.17) is 0 Å². The minimum Gasteiger partial charge on any atom is -0.350 e. The minimum atomic E-state index is 0.523. The Hall–Kier alpha value is -0.840. The molecule has 0 amide bonds. The highest BCUT2D eigenvalue weighted by Crippen LogP contribution is 2.19. The Morgan fingerprint density at radius 3 is 2.53 bits per heavy atom. The Morgan fingerprint density at radius 2 is 1.87 bits per heavy atom. The van der Waals surface area contributed by atoms with Gasteiger partial charge in [0.2, 0.25) is 5.95 Å². The van der Waals surface area contributed by atoms with Gasteiger partial charge in [-0.1, -0.05) is 0 Å². The number of anilines is 1. The number of hydrogen-bond acceptors (Lipinski definition) is 5. The van der Waals surface area contributed by atoms with E-state index < -0.39 is 0 Å². The van der Waals surface area contributed by atoms with Gasteiger partial charge in [0.25, 0.3) is 0 Å². The summed E-state index contributed by atoms with van der Waals surface area (Å²) in [5, 5.41) is 11.5. The highest BCUT2D eigenvalue weighted by molar-refractivity contribution is 7.99. The van der Waals surface area contributed by atoms with Gasteiger partial charge in [0.15, 0.2) is 0 Å². The van der Waals surface area contributed by atoms with Crippen LogP contribution in [0.1, 0.15) is 24.2 Å². The lowest BCUT2D eigenvalue weighted by Crippen LogP contribution is -2.26. The maximum atomic E-state index is 4.38. The predicted molar refractivity (Wildman–Crippen MR) is 63.3 cm³/mol. The molecule has 1 aromatic rings. The van der Waals surface area contributed by atoms with Crippen molar-refractivity contribution in [3.8, 4) is 0 Å². The van der Waals surface area contributed by atoms with Crippen molar-refractivity contribution in [1.29, 1.82) is 0 Å². The second-order valence-electron chi connectivity index (χ2n) is 3.84. The molecule has 4 nitrogen and oxygen atoms in total. The molecule has 1 aliphatic rings. The van der Waals surface area contributed by atoms with E-state index in [9.17, 15) is 0 Å². The van der Waals surface area contributed by atoms with Gasteiger partial charge in [-0.3, -0.25) is 0 Å². The maximum absolute atomic E-state index is 4.38. The number of hydrogen-bond donors (Lipinski definition) is 1. The largest absolute Gasteiger partial charge is 0.350 e. The zero-order chi connectivity index (χ0) is 10.7. The van der Waals surface area contributed by atoms with E-state index in [-0.39, 0.29) is 0 Å². The number of aromatic nitrogens is 3. The summed E-state index contributed by atoms with van der Waals surface area (Å²) in [5.41, 5.74) is 1.86. The molecule has 1 fully saturated rings. The van der Waals surface area contributed by atoms with Gasteiger partial charge >= 0.3 is 0 Å². The number of nitrogens with zero attached hydrogens (tertiary/aromatic N) is 3. The standard InChI is InChI=1S/C10H16N4S/c1-7-8(2)13-14-10(11-7)12-9-3-5-15-6-4-9/h9H,3-6H2,1-2H3,(H,11,12,14). The van der Waals surface area contributed by atoms with Crippen LogP contribution in [0.5, 0.6) is 0 Å². The summed E-state index contributed by atoms with van der Waals surface area (Å²) < 4.78 is 0. The van der Waals surface area contributed by atoms with E-state index in [1.807, 2.05) is 25.6 Å². The van der Waals surface area contributed by atoms with Crippen LogP contribution in [0, 0.1) is 13.8 Å². The SMILES string of the molecule is Cc1nnc(NC2CCSCC2)nc1C. The smallest absolute Gasteiger partial charge is 0.243 e. The number of aryl methyl sites for hydroxylation is 2. The molecule has 15 heavy (non-hydrogen) atoms. The van der Waals surface area contributed by atoms with Gasteiger partial charge in [-0.05, 0) is 38.2 Å². The molecule has 2 heterocycles. The molecule has 1 N–H and O–H groups in total. The molecule has 0 unspecified atom stereocenters. The normalized spacial score (nSPS) is 17.7. The number of nitrogens with one attached hydrogen (secondary N) is 1. The highest BCUT2D eigenvalue weighted by atomic mass is 32.2. The van der Waals surface area contributed by atoms with Crippen molar-refractivity contribution >= 4 is 17.7 Å². The first-order valence-electron chi connectivity index (χ1n) is 5.28.